The van der Waals surface area contributed by atoms with E-state index < -0.39 is 17.5 Å². The van der Waals surface area contributed by atoms with Crippen LogP contribution in [-0.4, -0.2) is 38.4 Å². The Morgan fingerprint density at radius 1 is 1.36 bits per heavy atom. The quantitative estimate of drug-likeness (QED) is 0.873. The Bertz CT molecular complexity index is 687. The highest BCUT2D eigenvalue weighted by atomic mass is 19.1. The summed E-state index contributed by atoms with van der Waals surface area (Å²) in [6.45, 7) is 2.60. The highest BCUT2D eigenvalue weighted by Crippen LogP contribution is 2.23. The normalized spacial score (nSPS) is 18.0. The van der Waals surface area contributed by atoms with E-state index in [1.54, 1.807) is 22.0 Å². The van der Waals surface area contributed by atoms with Gasteiger partial charge in [-0.25, -0.2) is 8.78 Å². The lowest BCUT2D eigenvalue weighted by Gasteiger charge is -2.25. The van der Waals surface area contributed by atoms with Crippen LogP contribution in [0.1, 0.15) is 28.8 Å². The molecule has 0 bridgehead atoms. The largest absolute Gasteiger partial charge is 0.334 e. The molecule has 0 saturated carbocycles. The van der Waals surface area contributed by atoms with Gasteiger partial charge in [0.05, 0.1) is 24.3 Å². The summed E-state index contributed by atoms with van der Waals surface area (Å²) in [5, 5.41) is 7.63. The van der Waals surface area contributed by atoms with Crippen LogP contribution < -0.4 is 0 Å². The number of hydrogen-bond acceptors (Lipinski definition) is 3. The number of aromatic nitrogens is 3. The van der Waals surface area contributed by atoms with Gasteiger partial charge in [-0.15, -0.1) is 5.10 Å². The summed E-state index contributed by atoms with van der Waals surface area (Å²) in [6, 6.07) is 1.99. The van der Waals surface area contributed by atoms with Crippen LogP contribution >= 0.6 is 0 Å². The molecule has 1 aliphatic heterocycles. The fraction of sp³-hybridized carbons (Fsp3) is 0.400. The zero-order valence-corrected chi connectivity index (χ0v) is 12.2. The van der Waals surface area contributed by atoms with Crippen LogP contribution in [0.25, 0.3) is 0 Å². The second-order valence-electron chi connectivity index (χ2n) is 5.50. The minimum atomic E-state index is -0.820. The van der Waals surface area contributed by atoms with Gasteiger partial charge in [0.15, 0.2) is 0 Å². The maximum absolute atomic E-state index is 13.9. The van der Waals surface area contributed by atoms with Crippen LogP contribution in [0.5, 0.6) is 0 Å². The van der Waals surface area contributed by atoms with Crippen molar-refractivity contribution in [3.05, 3.63) is 47.3 Å². The van der Waals surface area contributed by atoms with Gasteiger partial charge >= 0.3 is 0 Å². The van der Waals surface area contributed by atoms with Crippen molar-refractivity contribution in [1.82, 2.24) is 19.9 Å². The Morgan fingerprint density at radius 2 is 2.18 bits per heavy atom. The second-order valence-corrected chi connectivity index (χ2v) is 5.50. The molecule has 3 rings (SSSR count). The molecule has 1 saturated heterocycles. The Kier molecular flexibility index (Phi) is 3.87. The van der Waals surface area contributed by atoms with E-state index in [0.717, 1.165) is 18.9 Å². The zero-order valence-electron chi connectivity index (χ0n) is 12.2. The number of carbonyl (C=O) groups is 1. The van der Waals surface area contributed by atoms with E-state index in [1.165, 1.54) is 13.0 Å². The summed E-state index contributed by atoms with van der Waals surface area (Å²) >= 11 is 0. The standard InChI is InChI=1S/C15H16F2N4O/c1-10-7-12(14(17)8-13(10)16)15(22)21-5-2-3-11(21)9-20-6-4-18-19-20/h4,6-8,11H,2-3,5,9H2,1H3/t11-/m0/s1. The van der Waals surface area contributed by atoms with Crippen LogP contribution in [0.15, 0.2) is 24.5 Å². The highest BCUT2D eigenvalue weighted by molar-refractivity contribution is 5.95. The maximum Gasteiger partial charge on any atom is 0.257 e. The SMILES string of the molecule is Cc1cc(C(=O)N2CCC[C@H]2Cn2ccnn2)c(F)cc1F. The molecule has 0 radical (unpaired) electrons. The molecular weight excluding hydrogens is 290 g/mol. The predicted molar refractivity (Wildman–Crippen MR) is 75.2 cm³/mol. The molecule has 1 amide bonds. The Morgan fingerprint density at radius 3 is 2.91 bits per heavy atom. The number of likely N-dealkylation sites (tertiary alicyclic amines) is 1. The van der Waals surface area contributed by atoms with Gasteiger partial charge in [-0.1, -0.05) is 5.21 Å². The molecule has 22 heavy (non-hydrogen) atoms. The van der Waals surface area contributed by atoms with E-state index in [1.807, 2.05) is 0 Å². The van der Waals surface area contributed by atoms with Crippen molar-refractivity contribution in [3.63, 3.8) is 0 Å². The number of benzene rings is 1. The lowest BCUT2D eigenvalue weighted by Crippen LogP contribution is -2.38. The van der Waals surface area contributed by atoms with Crippen molar-refractivity contribution in [2.24, 2.45) is 0 Å². The summed E-state index contributed by atoms with van der Waals surface area (Å²) in [5.41, 5.74) is 0.182. The van der Waals surface area contributed by atoms with E-state index in [4.69, 9.17) is 0 Å². The molecule has 0 N–H and O–H groups in total. The van der Waals surface area contributed by atoms with Crippen molar-refractivity contribution in [2.45, 2.75) is 32.4 Å². The lowest BCUT2D eigenvalue weighted by molar-refractivity contribution is 0.0716. The van der Waals surface area contributed by atoms with Gasteiger partial charge in [-0.05, 0) is 31.4 Å². The summed E-state index contributed by atoms with van der Waals surface area (Å²) < 4.78 is 28.9. The third-order valence-electron chi connectivity index (χ3n) is 3.99. The molecule has 116 valence electrons. The third kappa shape index (κ3) is 2.70. The predicted octanol–water partition coefficient (Wildman–Crippen LogP) is 2.17. The fourth-order valence-electron chi connectivity index (χ4n) is 2.81. The van der Waals surface area contributed by atoms with Crippen molar-refractivity contribution < 1.29 is 13.6 Å². The molecule has 5 nitrogen and oxygen atoms in total. The van der Waals surface area contributed by atoms with E-state index in [-0.39, 0.29) is 17.2 Å². The molecule has 1 aliphatic rings. The monoisotopic (exact) mass is 306 g/mol. The Balaban J connectivity index is 1.83. The fourth-order valence-corrected chi connectivity index (χ4v) is 2.81. The van der Waals surface area contributed by atoms with Gasteiger partial charge in [0.25, 0.3) is 5.91 Å². The molecule has 2 heterocycles. The van der Waals surface area contributed by atoms with Crippen molar-refractivity contribution in [2.75, 3.05) is 6.54 Å². The molecule has 1 atom stereocenters. The first-order valence-electron chi connectivity index (χ1n) is 7.17. The highest BCUT2D eigenvalue weighted by Gasteiger charge is 2.31. The number of rotatable bonds is 3. The number of carbonyl (C=O) groups excluding carboxylic acids is 1. The molecule has 2 aromatic rings. The van der Waals surface area contributed by atoms with E-state index in [9.17, 15) is 13.6 Å². The average molecular weight is 306 g/mol. The van der Waals surface area contributed by atoms with Crippen molar-refractivity contribution >= 4 is 5.91 Å². The molecular formula is C15H16F2N4O. The van der Waals surface area contributed by atoms with Crippen LogP contribution in [0, 0.1) is 18.6 Å². The van der Waals surface area contributed by atoms with Crippen molar-refractivity contribution in [3.8, 4) is 0 Å². The van der Waals surface area contributed by atoms with Crippen LogP contribution in [0.3, 0.4) is 0 Å². The Labute approximate surface area is 126 Å². The summed E-state index contributed by atoms with van der Waals surface area (Å²) in [7, 11) is 0. The molecule has 0 spiro atoms. The number of aryl methyl sites for hydroxylation is 1. The smallest absolute Gasteiger partial charge is 0.257 e. The maximum atomic E-state index is 13.9. The van der Waals surface area contributed by atoms with Crippen molar-refractivity contribution in [1.29, 1.82) is 0 Å². The summed E-state index contributed by atoms with van der Waals surface area (Å²) in [4.78, 5) is 14.2. The van der Waals surface area contributed by atoms with E-state index in [0.29, 0.717) is 13.1 Å². The van der Waals surface area contributed by atoms with Gasteiger partial charge < -0.3 is 4.90 Å². The molecule has 0 aliphatic carbocycles. The first-order chi connectivity index (χ1) is 10.6. The number of amides is 1. The van der Waals surface area contributed by atoms with Gasteiger partial charge in [0.1, 0.15) is 11.6 Å². The Hall–Kier alpha value is -2.31. The van der Waals surface area contributed by atoms with E-state index in [2.05, 4.69) is 10.3 Å². The molecule has 0 unspecified atom stereocenters. The average Bonchev–Trinajstić information content (AvgIpc) is 3.14. The number of halogens is 2. The lowest BCUT2D eigenvalue weighted by atomic mass is 10.1. The number of hydrogen-bond donors (Lipinski definition) is 0. The summed E-state index contributed by atoms with van der Waals surface area (Å²) in [6.07, 6.45) is 4.98. The molecule has 1 fully saturated rings. The van der Waals surface area contributed by atoms with Crippen LogP contribution in [0.2, 0.25) is 0 Å². The minimum absolute atomic E-state index is 0.0565. The van der Waals surface area contributed by atoms with Gasteiger partial charge in [0.2, 0.25) is 0 Å². The first kappa shape index (κ1) is 14.6. The van der Waals surface area contributed by atoms with Gasteiger partial charge in [-0.2, -0.15) is 0 Å². The zero-order chi connectivity index (χ0) is 15.7. The minimum Gasteiger partial charge on any atom is -0.334 e. The summed E-state index contributed by atoms with van der Waals surface area (Å²) in [5.74, 6) is -1.86. The topological polar surface area (TPSA) is 51.0 Å². The molecule has 7 heteroatoms. The second kappa shape index (κ2) is 5.82. The number of nitrogens with zero attached hydrogens (tertiary/aromatic N) is 4. The first-order valence-corrected chi connectivity index (χ1v) is 7.17. The van der Waals surface area contributed by atoms with Crippen LogP contribution in [-0.2, 0) is 6.54 Å². The van der Waals surface area contributed by atoms with Gasteiger partial charge in [0, 0.05) is 18.8 Å². The molecule has 1 aromatic carbocycles. The molecule has 1 aromatic heterocycles. The third-order valence-corrected chi connectivity index (χ3v) is 3.99. The van der Waals surface area contributed by atoms with Crippen LogP contribution in [0.4, 0.5) is 8.78 Å². The van der Waals surface area contributed by atoms with Gasteiger partial charge in [-0.3, -0.25) is 9.48 Å². The van der Waals surface area contributed by atoms with E-state index >= 15 is 0 Å².